The number of rotatable bonds is 8. The number of amides is 3. The van der Waals surface area contributed by atoms with Gasteiger partial charge in [0, 0.05) is 17.1 Å². The van der Waals surface area contributed by atoms with Crippen LogP contribution in [0.15, 0.2) is 24.3 Å². The summed E-state index contributed by atoms with van der Waals surface area (Å²) in [4.78, 5) is 37.9. The molecule has 1 aromatic carbocycles. The smallest absolute Gasteiger partial charge is 0.251 e. The van der Waals surface area contributed by atoms with Crippen LogP contribution in [0.1, 0.15) is 55.8 Å². The zero-order valence-corrected chi connectivity index (χ0v) is 16.5. The summed E-state index contributed by atoms with van der Waals surface area (Å²) < 4.78 is 0. The van der Waals surface area contributed by atoms with Crippen molar-refractivity contribution in [3.8, 4) is 0 Å². The molecule has 1 aliphatic rings. The van der Waals surface area contributed by atoms with Crippen LogP contribution in [0.3, 0.4) is 0 Å². The van der Waals surface area contributed by atoms with Crippen LogP contribution >= 0.6 is 11.6 Å². The van der Waals surface area contributed by atoms with Gasteiger partial charge in [0.15, 0.2) is 0 Å². The summed E-state index contributed by atoms with van der Waals surface area (Å²) in [5.74, 6) is -0.630. The lowest BCUT2D eigenvalue weighted by atomic mass is 9.87. The first-order valence-corrected chi connectivity index (χ1v) is 9.88. The van der Waals surface area contributed by atoms with Crippen LogP contribution in [0, 0.1) is 5.92 Å². The fourth-order valence-electron chi connectivity index (χ4n) is 3.49. The molecule has 1 saturated carbocycles. The molecule has 0 spiro atoms. The maximum atomic E-state index is 12.8. The van der Waals surface area contributed by atoms with Crippen molar-refractivity contribution in [1.82, 2.24) is 10.2 Å². The number of halogens is 1. The van der Waals surface area contributed by atoms with Crippen molar-refractivity contribution in [3.63, 3.8) is 0 Å². The molecule has 0 radical (unpaired) electrons. The number of nitrogens with zero attached hydrogens (tertiary/aromatic N) is 1. The molecule has 27 heavy (non-hydrogen) atoms. The lowest BCUT2D eigenvalue weighted by Gasteiger charge is -2.28. The number of hydrogen-bond acceptors (Lipinski definition) is 3. The van der Waals surface area contributed by atoms with Gasteiger partial charge in [-0.15, -0.1) is 0 Å². The van der Waals surface area contributed by atoms with Crippen molar-refractivity contribution < 1.29 is 14.4 Å². The summed E-state index contributed by atoms with van der Waals surface area (Å²) in [5.41, 5.74) is 5.73. The maximum Gasteiger partial charge on any atom is 0.251 e. The van der Waals surface area contributed by atoms with Gasteiger partial charge in [-0.25, -0.2) is 0 Å². The fraction of sp³-hybridized carbons (Fsp3) is 0.550. The Morgan fingerprint density at radius 1 is 1.19 bits per heavy atom. The number of nitrogens with two attached hydrogens (primary N) is 1. The van der Waals surface area contributed by atoms with E-state index in [9.17, 15) is 14.4 Å². The molecule has 1 fully saturated rings. The molecule has 3 amide bonds. The predicted octanol–water partition coefficient (Wildman–Crippen LogP) is 2.74. The summed E-state index contributed by atoms with van der Waals surface area (Å²) in [6.45, 7) is 1.96. The predicted molar refractivity (Wildman–Crippen MR) is 105 cm³/mol. The van der Waals surface area contributed by atoms with Gasteiger partial charge in [0.25, 0.3) is 5.91 Å². The van der Waals surface area contributed by atoms with E-state index >= 15 is 0 Å². The molecule has 1 unspecified atom stereocenters. The van der Waals surface area contributed by atoms with Crippen LogP contribution in [0.25, 0.3) is 0 Å². The second-order valence-electron chi connectivity index (χ2n) is 7.22. The molecule has 0 heterocycles. The fourth-order valence-corrected chi connectivity index (χ4v) is 3.61. The highest BCUT2D eigenvalue weighted by atomic mass is 35.5. The second-order valence-corrected chi connectivity index (χ2v) is 7.66. The minimum absolute atomic E-state index is 0.132. The van der Waals surface area contributed by atoms with Crippen LogP contribution in [0.4, 0.5) is 0 Å². The Kier molecular flexibility index (Phi) is 8.10. The second kappa shape index (κ2) is 10.3. The van der Waals surface area contributed by atoms with E-state index in [1.54, 1.807) is 31.2 Å². The van der Waals surface area contributed by atoms with E-state index in [1.165, 1.54) is 37.0 Å². The standard InChI is InChI=1S/C20H28ClN3O3/c1-14(23-19(26)16-7-9-17(21)10-8-16)20(27)24(13-18(22)25)12-11-15-5-3-2-4-6-15/h7-10,14-15H,2-6,11-13H2,1H3,(H2,22,25)(H,23,26). The van der Waals surface area contributed by atoms with Crippen LogP contribution in [0.2, 0.25) is 5.02 Å². The molecule has 1 aliphatic carbocycles. The van der Waals surface area contributed by atoms with Crippen molar-refractivity contribution in [2.45, 2.75) is 51.5 Å². The van der Waals surface area contributed by atoms with E-state index in [-0.39, 0.29) is 18.4 Å². The molecule has 0 saturated heterocycles. The van der Waals surface area contributed by atoms with Gasteiger partial charge in [-0.3, -0.25) is 14.4 Å². The Morgan fingerprint density at radius 2 is 1.81 bits per heavy atom. The minimum atomic E-state index is -0.751. The quantitative estimate of drug-likeness (QED) is 0.711. The Balaban J connectivity index is 1.94. The van der Waals surface area contributed by atoms with Crippen LogP contribution in [0.5, 0.6) is 0 Å². The van der Waals surface area contributed by atoms with Gasteiger partial charge in [0.2, 0.25) is 11.8 Å². The summed E-state index contributed by atoms with van der Waals surface area (Å²) >= 11 is 5.83. The van der Waals surface area contributed by atoms with Gasteiger partial charge in [-0.1, -0.05) is 43.7 Å². The summed E-state index contributed by atoms with van der Waals surface area (Å²) in [7, 11) is 0. The lowest BCUT2D eigenvalue weighted by Crippen LogP contribution is -2.49. The number of benzene rings is 1. The monoisotopic (exact) mass is 393 g/mol. The van der Waals surface area contributed by atoms with E-state index in [4.69, 9.17) is 17.3 Å². The third-order valence-corrected chi connectivity index (χ3v) is 5.27. The molecular formula is C20H28ClN3O3. The third-order valence-electron chi connectivity index (χ3n) is 5.01. The Labute approximate surface area is 165 Å². The van der Waals surface area contributed by atoms with Crippen molar-refractivity contribution in [1.29, 1.82) is 0 Å². The number of carbonyl (C=O) groups excluding carboxylic acids is 3. The summed E-state index contributed by atoms with van der Waals surface area (Å²) in [6.07, 6.45) is 6.91. The first-order valence-electron chi connectivity index (χ1n) is 9.50. The van der Waals surface area contributed by atoms with E-state index in [0.717, 1.165) is 6.42 Å². The van der Waals surface area contributed by atoms with Crippen molar-refractivity contribution >= 4 is 29.3 Å². The average Bonchev–Trinajstić information content (AvgIpc) is 2.65. The van der Waals surface area contributed by atoms with Crippen molar-refractivity contribution in [3.05, 3.63) is 34.9 Å². The van der Waals surface area contributed by atoms with Gasteiger partial charge >= 0.3 is 0 Å². The Bertz CT molecular complexity index is 657. The third kappa shape index (κ3) is 6.86. The van der Waals surface area contributed by atoms with E-state index in [2.05, 4.69) is 5.32 Å². The lowest BCUT2D eigenvalue weighted by molar-refractivity contribution is -0.136. The molecule has 1 atom stereocenters. The van der Waals surface area contributed by atoms with Gasteiger partial charge < -0.3 is 16.0 Å². The molecule has 148 valence electrons. The largest absolute Gasteiger partial charge is 0.368 e. The zero-order chi connectivity index (χ0) is 19.8. The van der Waals surface area contributed by atoms with E-state index < -0.39 is 11.9 Å². The molecule has 3 N–H and O–H groups in total. The highest BCUT2D eigenvalue weighted by molar-refractivity contribution is 6.30. The first-order chi connectivity index (χ1) is 12.9. The highest BCUT2D eigenvalue weighted by Crippen LogP contribution is 2.26. The highest BCUT2D eigenvalue weighted by Gasteiger charge is 2.25. The maximum absolute atomic E-state index is 12.8. The van der Waals surface area contributed by atoms with Gasteiger partial charge in [0.1, 0.15) is 6.04 Å². The zero-order valence-electron chi connectivity index (χ0n) is 15.7. The number of carbonyl (C=O) groups is 3. The van der Waals surface area contributed by atoms with Crippen molar-refractivity contribution in [2.75, 3.05) is 13.1 Å². The summed E-state index contributed by atoms with van der Waals surface area (Å²) in [5, 5.41) is 3.22. The molecule has 7 heteroatoms. The summed E-state index contributed by atoms with van der Waals surface area (Å²) in [6, 6.07) is 5.68. The average molecular weight is 394 g/mol. The Morgan fingerprint density at radius 3 is 2.41 bits per heavy atom. The minimum Gasteiger partial charge on any atom is -0.368 e. The number of nitrogens with one attached hydrogen (secondary N) is 1. The topological polar surface area (TPSA) is 92.5 Å². The van der Waals surface area contributed by atoms with Crippen molar-refractivity contribution in [2.24, 2.45) is 11.7 Å². The van der Waals surface area contributed by atoms with E-state index in [1.807, 2.05) is 0 Å². The van der Waals surface area contributed by atoms with Crippen LogP contribution in [-0.2, 0) is 9.59 Å². The van der Waals surface area contributed by atoms with Gasteiger partial charge in [-0.2, -0.15) is 0 Å². The van der Waals surface area contributed by atoms with Gasteiger partial charge in [0.05, 0.1) is 6.54 Å². The molecular weight excluding hydrogens is 366 g/mol. The molecule has 2 rings (SSSR count). The van der Waals surface area contributed by atoms with E-state index in [0.29, 0.717) is 23.0 Å². The molecule has 0 aliphatic heterocycles. The normalized spacial score (nSPS) is 15.8. The van der Waals surface area contributed by atoms with Gasteiger partial charge in [-0.05, 0) is 43.5 Å². The number of hydrogen-bond donors (Lipinski definition) is 2. The molecule has 0 bridgehead atoms. The molecule has 6 nitrogen and oxygen atoms in total. The van der Waals surface area contributed by atoms with Crippen LogP contribution in [-0.4, -0.2) is 41.8 Å². The molecule has 0 aromatic heterocycles. The van der Waals surface area contributed by atoms with Crippen LogP contribution < -0.4 is 11.1 Å². The number of primary amides is 1. The molecule has 1 aromatic rings. The SMILES string of the molecule is CC(NC(=O)c1ccc(Cl)cc1)C(=O)N(CCC1CCCCC1)CC(N)=O. The first kappa shape index (κ1) is 21.2. The Hall–Kier alpha value is -2.08.